The van der Waals surface area contributed by atoms with Crippen LogP contribution in [0.4, 0.5) is 5.69 Å². The average Bonchev–Trinajstić information content (AvgIpc) is 2.79. The molecule has 1 heterocycles. The molecule has 120 valence electrons. The summed E-state index contributed by atoms with van der Waals surface area (Å²) >= 11 is 0. The quantitative estimate of drug-likeness (QED) is 0.837. The topological polar surface area (TPSA) is 112 Å². The third-order valence-corrected chi connectivity index (χ3v) is 3.84. The predicted molar refractivity (Wildman–Crippen MR) is 82.7 cm³/mol. The number of imide groups is 1. The molecule has 0 unspecified atom stereocenters. The number of benzene rings is 2. The molecule has 7 nitrogen and oxygen atoms in total. The van der Waals surface area contributed by atoms with Gasteiger partial charge in [0.05, 0.1) is 27.9 Å². The summed E-state index contributed by atoms with van der Waals surface area (Å²) in [6.07, 6.45) is 0. The number of nitrogens with zero attached hydrogens (tertiary/aromatic N) is 1. The third kappa shape index (κ3) is 2.06. The van der Waals surface area contributed by atoms with E-state index < -0.39 is 23.8 Å². The van der Waals surface area contributed by atoms with Gasteiger partial charge < -0.3 is 10.2 Å². The molecule has 3 rings (SSSR count). The Morgan fingerprint density at radius 3 is 2.08 bits per heavy atom. The van der Waals surface area contributed by atoms with E-state index in [2.05, 4.69) is 0 Å². The van der Waals surface area contributed by atoms with Crippen LogP contribution in [0, 0.1) is 6.92 Å². The fourth-order valence-corrected chi connectivity index (χ4v) is 2.80. The Labute approximate surface area is 135 Å². The lowest BCUT2D eigenvalue weighted by Crippen LogP contribution is -2.32. The van der Waals surface area contributed by atoms with Gasteiger partial charge in [0.15, 0.2) is 0 Å². The number of aromatic carboxylic acids is 2. The van der Waals surface area contributed by atoms with Gasteiger partial charge in [0.2, 0.25) is 0 Å². The van der Waals surface area contributed by atoms with E-state index >= 15 is 0 Å². The van der Waals surface area contributed by atoms with Crippen molar-refractivity contribution in [2.24, 2.45) is 0 Å². The molecule has 0 atom stereocenters. The van der Waals surface area contributed by atoms with Crippen molar-refractivity contribution in [2.45, 2.75) is 6.92 Å². The van der Waals surface area contributed by atoms with Crippen LogP contribution in [0.3, 0.4) is 0 Å². The first-order valence-corrected chi connectivity index (χ1v) is 6.92. The van der Waals surface area contributed by atoms with Crippen LogP contribution < -0.4 is 4.90 Å². The monoisotopic (exact) mass is 325 g/mol. The number of anilines is 1. The normalized spacial score (nSPS) is 13.1. The van der Waals surface area contributed by atoms with Crippen molar-refractivity contribution in [3.05, 3.63) is 64.2 Å². The number of rotatable bonds is 3. The largest absolute Gasteiger partial charge is 0.478 e. The van der Waals surface area contributed by atoms with Crippen LogP contribution in [0.1, 0.15) is 47.0 Å². The molecule has 0 spiro atoms. The molecule has 2 amide bonds. The average molecular weight is 325 g/mol. The summed E-state index contributed by atoms with van der Waals surface area (Å²) in [5.41, 5.74) is -0.414. The van der Waals surface area contributed by atoms with Crippen molar-refractivity contribution < 1.29 is 29.4 Å². The maximum atomic E-state index is 12.7. The molecule has 0 radical (unpaired) electrons. The zero-order valence-electron chi connectivity index (χ0n) is 12.4. The number of para-hydroxylation sites is 1. The van der Waals surface area contributed by atoms with Gasteiger partial charge >= 0.3 is 11.9 Å². The van der Waals surface area contributed by atoms with E-state index in [1.807, 2.05) is 0 Å². The highest BCUT2D eigenvalue weighted by Gasteiger charge is 2.41. The van der Waals surface area contributed by atoms with E-state index in [1.165, 1.54) is 30.3 Å². The second-order valence-corrected chi connectivity index (χ2v) is 5.26. The van der Waals surface area contributed by atoms with Crippen molar-refractivity contribution in [3.63, 3.8) is 0 Å². The summed E-state index contributed by atoms with van der Waals surface area (Å²) in [5, 5.41) is 18.6. The minimum Gasteiger partial charge on any atom is -0.478 e. The number of amides is 2. The molecule has 2 aromatic carbocycles. The zero-order valence-corrected chi connectivity index (χ0v) is 12.4. The van der Waals surface area contributed by atoms with Crippen molar-refractivity contribution in [3.8, 4) is 0 Å². The van der Waals surface area contributed by atoms with Gasteiger partial charge in [0.25, 0.3) is 11.8 Å². The molecule has 0 fully saturated rings. The number of carboxylic acids is 2. The smallest absolute Gasteiger partial charge is 0.337 e. The van der Waals surface area contributed by atoms with Crippen LogP contribution in [0.2, 0.25) is 0 Å². The lowest BCUT2D eigenvalue weighted by molar-refractivity contribution is 0.0683. The molecule has 0 bridgehead atoms. The minimum atomic E-state index is -1.34. The van der Waals surface area contributed by atoms with Gasteiger partial charge in [0, 0.05) is 0 Å². The van der Waals surface area contributed by atoms with Gasteiger partial charge in [-0.05, 0) is 30.7 Å². The lowest BCUT2D eigenvalue weighted by atomic mass is 10.0. The van der Waals surface area contributed by atoms with Crippen LogP contribution in [0.25, 0.3) is 0 Å². The molecule has 0 saturated carbocycles. The van der Waals surface area contributed by atoms with Gasteiger partial charge in [-0.3, -0.25) is 9.59 Å². The van der Waals surface area contributed by atoms with Gasteiger partial charge in [0.1, 0.15) is 0 Å². The van der Waals surface area contributed by atoms with Crippen LogP contribution >= 0.6 is 0 Å². The van der Waals surface area contributed by atoms with E-state index in [0.717, 1.165) is 4.90 Å². The molecule has 1 aliphatic heterocycles. The van der Waals surface area contributed by atoms with E-state index in [4.69, 9.17) is 0 Å². The van der Waals surface area contributed by atoms with Crippen molar-refractivity contribution in [1.29, 1.82) is 0 Å². The van der Waals surface area contributed by atoms with Gasteiger partial charge in [-0.25, -0.2) is 14.5 Å². The summed E-state index contributed by atoms with van der Waals surface area (Å²) in [4.78, 5) is 48.8. The maximum absolute atomic E-state index is 12.7. The standard InChI is InChI=1S/C17H11NO6/c1-8-4-2-7-11(17(23)24)13(8)18-14(19)9-5-3-6-10(16(21)22)12(9)15(18)20/h2-7H,1H3,(H,21,22)(H,23,24). The van der Waals surface area contributed by atoms with Gasteiger partial charge in [-0.1, -0.05) is 18.2 Å². The molecule has 7 heteroatoms. The second-order valence-electron chi connectivity index (χ2n) is 5.26. The Bertz CT molecular complexity index is 931. The fourth-order valence-electron chi connectivity index (χ4n) is 2.80. The molecular weight excluding hydrogens is 314 g/mol. The van der Waals surface area contributed by atoms with Crippen LogP contribution in [-0.2, 0) is 0 Å². The number of fused-ring (bicyclic) bond motifs is 1. The van der Waals surface area contributed by atoms with E-state index in [-0.39, 0.29) is 27.9 Å². The highest BCUT2D eigenvalue weighted by molar-refractivity contribution is 6.37. The first-order valence-electron chi connectivity index (χ1n) is 6.92. The Balaban J connectivity index is 2.26. The highest BCUT2D eigenvalue weighted by atomic mass is 16.4. The number of hydrogen-bond donors (Lipinski definition) is 2. The Morgan fingerprint density at radius 1 is 0.875 bits per heavy atom. The molecule has 1 aliphatic rings. The number of carbonyl (C=O) groups excluding carboxylic acids is 2. The molecular formula is C17H11NO6. The second kappa shape index (κ2) is 5.31. The van der Waals surface area contributed by atoms with E-state index in [1.54, 1.807) is 13.0 Å². The van der Waals surface area contributed by atoms with E-state index in [9.17, 15) is 29.4 Å². The number of hydrogen-bond acceptors (Lipinski definition) is 4. The summed E-state index contributed by atoms with van der Waals surface area (Å²) < 4.78 is 0. The van der Waals surface area contributed by atoms with Crippen molar-refractivity contribution in [1.82, 2.24) is 0 Å². The summed E-state index contributed by atoms with van der Waals surface area (Å²) in [5.74, 6) is -4.21. The van der Waals surface area contributed by atoms with Crippen LogP contribution in [0.5, 0.6) is 0 Å². The highest BCUT2D eigenvalue weighted by Crippen LogP contribution is 2.34. The van der Waals surface area contributed by atoms with Gasteiger partial charge in [-0.2, -0.15) is 0 Å². The van der Waals surface area contributed by atoms with Gasteiger partial charge in [-0.15, -0.1) is 0 Å². The fraction of sp³-hybridized carbons (Fsp3) is 0.0588. The lowest BCUT2D eigenvalue weighted by Gasteiger charge is -2.19. The maximum Gasteiger partial charge on any atom is 0.337 e. The van der Waals surface area contributed by atoms with Crippen LogP contribution in [0.15, 0.2) is 36.4 Å². The Hall–Kier alpha value is -3.48. The Kier molecular flexibility index (Phi) is 3.41. The van der Waals surface area contributed by atoms with Crippen LogP contribution in [-0.4, -0.2) is 34.0 Å². The zero-order chi connectivity index (χ0) is 17.6. The molecule has 0 aromatic heterocycles. The first kappa shape index (κ1) is 15.4. The number of carbonyl (C=O) groups is 4. The number of carboxylic acid groups (broad SMARTS) is 2. The Morgan fingerprint density at radius 2 is 1.46 bits per heavy atom. The van der Waals surface area contributed by atoms with Crippen molar-refractivity contribution in [2.75, 3.05) is 4.90 Å². The predicted octanol–water partition coefficient (Wildman–Crippen LogP) is 2.19. The molecule has 2 aromatic rings. The first-order chi connectivity index (χ1) is 11.3. The molecule has 0 aliphatic carbocycles. The summed E-state index contributed by atoms with van der Waals surface area (Å²) in [7, 11) is 0. The molecule has 2 N–H and O–H groups in total. The SMILES string of the molecule is Cc1cccc(C(=O)O)c1N1C(=O)c2cccc(C(=O)O)c2C1=O. The summed E-state index contributed by atoms with van der Waals surface area (Å²) in [6.45, 7) is 1.57. The molecule has 24 heavy (non-hydrogen) atoms. The molecule has 0 saturated heterocycles. The number of aryl methyl sites for hydroxylation is 1. The van der Waals surface area contributed by atoms with E-state index in [0.29, 0.717) is 5.56 Å². The van der Waals surface area contributed by atoms with Crippen molar-refractivity contribution >= 4 is 29.4 Å². The third-order valence-electron chi connectivity index (χ3n) is 3.84. The minimum absolute atomic E-state index is 0.0486. The summed E-state index contributed by atoms with van der Waals surface area (Å²) in [6, 6.07) is 8.30.